The molecule has 0 N–H and O–H groups in total. The Balaban J connectivity index is 1.53. The third-order valence-corrected chi connectivity index (χ3v) is 7.83. The third kappa shape index (κ3) is 5.01. The van der Waals surface area contributed by atoms with Crippen LogP contribution < -0.4 is 0 Å². The molecule has 3 nitrogen and oxygen atoms in total. The predicted octanol–water partition coefficient (Wildman–Crippen LogP) is 7.40. The van der Waals surface area contributed by atoms with Crippen molar-refractivity contribution in [3.8, 4) is 0 Å². The summed E-state index contributed by atoms with van der Waals surface area (Å²) in [5.41, 5.74) is 3.19. The van der Waals surface area contributed by atoms with Crippen molar-refractivity contribution >= 4 is 69.3 Å². The molecular weight excluding hydrogens is 452 g/mol. The average molecular weight is 471 g/mol. The van der Waals surface area contributed by atoms with Crippen molar-refractivity contribution in [3.63, 3.8) is 0 Å². The maximum absolute atomic E-state index is 12.7. The van der Waals surface area contributed by atoms with Crippen LogP contribution in [0.2, 0.25) is 5.02 Å². The first-order valence-corrected chi connectivity index (χ1v) is 12.1. The number of amidine groups is 1. The van der Waals surface area contributed by atoms with Crippen LogP contribution in [-0.2, 0) is 4.79 Å². The fraction of sp³-hybridized carbons (Fsp3) is 0.130. The minimum Gasteiger partial charge on any atom is -0.290 e. The zero-order chi connectivity index (χ0) is 21.3. The molecule has 0 bridgehead atoms. The van der Waals surface area contributed by atoms with Gasteiger partial charge in [-0.25, -0.2) is 4.99 Å². The van der Waals surface area contributed by atoms with E-state index in [1.807, 2.05) is 48.5 Å². The summed E-state index contributed by atoms with van der Waals surface area (Å²) in [7, 11) is 1.77. The molecule has 3 aromatic rings. The Labute approximate surface area is 193 Å². The molecule has 30 heavy (non-hydrogen) atoms. The summed E-state index contributed by atoms with van der Waals surface area (Å²) in [6, 6.07) is 18.1. The molecule has 2 heterocycles. The second-order valence-electron chi connectivity index (χ2n) is 6.93. The lowest BCUT2D eigenvalue weighted by atomic mass is 10.1. The van der Waals surface area contributed by atoms with Crippen LogP contribution in [0.1, 0.15) is 16.0 Å². The molecule has 152 valence electrons. The van der Waals surface area contributed by atoms with E-state index in [9.17, 15) is 4.79 Å². The van der Waals surface area contributed by atoms with E-state index in [2.05, 4.69) is 26.0 Å². The lowest BCUT2D eigenvalue weighted by Gasteiger charge is -2.07. The molecule has 1 saturated heterocycles. The summed E-state index contributed by atoms with van der Waals surface area (Å²) in [4.78, 5) is 21.9. The highest BCUT2D eigenvalue weighted by Gasteiger charge is 2.30. The number of hydrogen-bond donors (Lipinski definition) is 0. The van der Waals surface area contributed by atoms with Gasteiger partial charge < -0.3 is 0 Å². The van der Waals surface area contributed by atoms with Gasteiger partial charge in [0.1, 0.15) is 0 Å². The van der Waals surface area contributed by atoms with Gasteiger partial charge in [-0.2, -0.15) is 0 Å². The highest BCUT2D eigenvalue weighted by atomic mass is 35.5. The summed E-state index contributed by atoms with van der Waals surface area (Å²) >= 11 is 10.7. The van der Waals surface area contributed by atoms with Crippen LogP contribution in [-0.4, -0.2) is 23.0 Å². The molecule has 1 aromatic heterocycles. The molecule has 0 spiro atoms. The van der Waals surface area contributed by atoms with Crippen molar-refractivity contribution in [2.45, 2.75) is 23.0 Å². The zero-order valence-corrected chi connectivity index (χ0v) is 19.9. The van der Waals surface area contributed by atoms with Gasteiger partial charge in [0.05, 0.1) is 14.8 Å². The number of nitrogens with zero attached hydrogens (tertiary/aromatic N) is 2. The fourth-order valence-corrected chi connectivity index (χ4v) is 6.24. The molecule has 0 unspecified atom stereocenters. The molecule has 1 fully saturated rings. The number of benzene rings is 2. The van der Waals surface area contributed by atoms with Crippen molar-refractivity contribution in [2.24, 2.45) is 4.99 Å². The zero-order valence-electron chi connectivity index (χ0n) is 16.7. The van der Waals surface area contributed by atoms with Gasteiger partial charge in [-0.1, -0.05) is 29.4 Å². The number of carbonyl (C=O) groups is 1. The number of amides is 1. The number of thioether (sulfide) groups is 1. The van der Waals surface area contributed by atoms with Gasteiger partial charge in [-0.15, -0.1) is 11.3 Å². The quantitative estimate of drug-likeness (QED) is 0.372. The summed E-state index contributed by atoms with van der Waals surface area (Å²) in [5.74, 6) is -0.0246. The minimum atomic E-state index is -0.0246. The molecule has 0 radical (unpaired) electrons. The number of rotatable bonds is 4. The van der Waals surface area contributed by atoms with E-state index in [1.165, 1.54) is 11.8 Å². The van der Waals surface area contributed by atoms with Gasteiger partial charge in [0, 0.05) is 21.8 Å². The van der Waals surface area contributed by atoms with Crippen LogP contribution in [0.3, 0.4) is 0 Å². The first-order valence-electron chi connectivity index (χ1n) is 9.25. The number of halogens is 1. The molecule has 7 heteroatoms. The normalized spacial score (nSPS) is 16.8. The lowest BCUT2D eigenvalue weighted by molar-refractivity contribution is -0.121. The van der Waals surface area contributed by atoms with E-state index in [0.717, 1.165) is 35.8 Å². The standard InChI is InChI=1S/C23H19ClN2OS3/c1-14-10-15(2)12-17(11-14)25-23-26(3)22(27)20(30-23)13-19-8-9-21(29-19)28-18-6-4-16(24)5-7-18/h4-13H,1-3H3/b20-13-,25-23?. The Morgan fingerprint density at radius 2 is 1.73 bits per heavy atom. The number of aliphatic imine (C=N–C) groups is 1. The van der Waals surface area contributed by atoms with Crippen LogP contribution >= 0.6 is 46.5 Å². The summed E-state index contributed by atoms with van der Waals surface area (Å²) < 4.78 is 1.16. The van der Waals surface area contributed by atoms with Crippen LogP contribution in [0.25, 0.3) is 6.08 Å². The average Bonchev–Trinajstić information content (AvgIpc) is 3.23. The first-order chi connectivity index (χ1) is 14.4. The number of hydrogen-bond acceptors (Lipinski definition) is 5. The SMILES string of the molecule is Cc1cc(C)cc(N=C2S/C(=C\c3ccc(Sc4ccc(Cl)cc4)s3)C(=O)N2C)c1. The maximum atomic E-state index is 12.7. The topological polar surface area (TPSA) is 32.7 Å². The highest BCUT2D eigenvalue weighted by molar-refractivity contribution is 8.18. The molecule has 1 aliphatic heterocycles. The van der Waals surface area contributed by atoms with Gasteiger partial charge >= 0.3 is 0 Å². The van der Waals surface area contributed by atoms with Crippen LogP contribution in [0.15, 0.2) is 73.6 Å². The molecule has 1 aliphatic rings. The fourth-order valence-electron chi connectivity index (χ4n) is 2.99. The van der Waals surface area contributed by atoms with E-state index in [-0.39, 0.29) is 5.91 Å². The van der Waals surface area contributed by atoms with E-state index < -0.39 is 0 Å². The van der Waals surface area contributed by atoms with E-state index in [1.54, 1.807) is 35.0 Å². The molecule has 1 amide bonds. The van der Waals surface area contributed by atoms with Gasteiger partial charge in [-0.05, 0) is 91.3 Å². The second-order valence-corrected chi connectivity index (χ2v) is 10.9. The van der Waals surface area contributed by atoms with E-state index >= 15 is 0 Å². The molecule has 0 atom stereocenters. The molecule has 0 aliphatic carbocycles. The molecule has 0 saturated carbocycles. The van der Waals surface area contributed by atoms with Gasteiger partial charge in [-0.3, -0.25) is 9.69 Å². The van der Waals surface area contributed by atoms with Crippen molar-refractivity contribution in [2.75, 3.05) is 7.05 Å². The Bertz CT molecular complexity index is 1150. The predicted molar refractivity (Wildman–Crippen MR) is 131 cm³/mol. The Morgan fingerprint density at radius 1 is 1.03 bits per heavy atom. The number of likely N-dealkylation sites (N-methyl/N-ethyl adjacent to an activating group) is 1. The smallest absolute Gasteiger partial charge is 0.266 e. The second kappa shape index (κ2) is 9.02. The number of thiophene rings is 1. The van der Waals surface area contributed by atoms with Crippen molar-refractivity contribution in [1.82, 2.24) is 4.90 Å². The van der Waals surface area contributed by atoms with Crippen LogP contribution in [0.5, 0.6) is 0 Å². The Kier molecular flexibility index (Phi) is 6.39. The molecule has 4 rings (SSSR count). The number of aryl methyl sites for hydroxylation is 2. The monoisotopic (exact) mass is 470 g/mol. The van der Waals surface area contributed by atoms with Gasteiger partial charge in [0.15, 0.2) is 5.17 Å². The highest BCUT2D eigenvalue weighted by Crippen LogP contribution is 2.38. The largest absolute Gasteiger partial charge is 0.290 e. The third-order valence-electron chi connectivity index (χ3n) is 4.34. The minimum absolute atomic E-state index is 0.0246. The van der Waals surface area contributed by atoms with Crippen molar-refractivity contribution in [3.05, 3.63) is 80.5 Å². The first kappa shape index (κ1) is 21.2. The van der Waals surface area contributed by atoms with E-state index in [4.69, 9.17) is 16.6 Å². The molecule has 2 aromatic carbocycles. The Hall–Kier alpha value is -1.99. The van der Waals surface area contributed by atoms with Crippen molar-refractivity contribution in [1.29, 1.82) is 0 Å². The summed E-state index contributed by atoms with van der Waals surface area (Å²) in [6.45, 7) is 4.10. The van der Waals surface area contributed by atoms with Gasteiger partial charge in [0.25, 0.3) is 5.91 Å². The lowest BCUT2D eigenvalue weighted by Crippen LogP contribution is -2.23. The van der Waals surface area contributed by atoms with Crippen LogP contribution in [0, 0.1) is 13.8 Å². The summed E-state index contributed by atoms with van der Waals surface area (Å²) in [5, 5.41) is 1.43. The van der Waals surface area contributed by atoms with Gasteiger partial charge in [0.2, 0.25) is 0 Å². The summed E-state index contributed by atoms with van der Waals surface area (Å²) in [6.07, 6.45) is 1.95. The molecular formula is C23H19ClN2OS3. The van der Waals surface area contributed by atoms with E-state index in [0.29, 0.717) is 10.1 Å². The van der Waals surface area contributed by atoms with Crippen LogP contribution in [0.4, 0.5) is 5.69 Å². The Morgan fingerprint density at radius 3 is 2.43 bits per heavy atom. The van der Waals surface area contributed by atoms with Crippen molar-refractivity contribution < 1.29 is 4.79 Å². The maximum Gasteiger partial charge on any atom is 0.266 e. The number of carbonyl (C=O) groups excluding carboxylic acids is 1.